The van der Waals surface area contributed by atoms with Crippen LogP contribution in [0.15, 0.2) is 47.4 Å². The number of anilines is 1. The summed E-state index contributed by atoms with van der Waals surface area (Å²) in [5.74, 6) is -1.22. The van der Waals surface area contributed by atoms with Gasteiger partial charge < -0.3 is 10.1 Å². The first-order valence-electron chi connectivity index (χ1n) is 9.11. The lowest BCUT2D eigenvalue weighted by atomic mass is 10.2. The molecule has 2 aromatic rings. The molecule has 3 rings (SSSR count). The van der Waals surface area contributed by atoms with E-state index in [1.54, 1.807) is 25.1 Å². The Hall–Kier alpha value is -2.42. The maximum absolute atomic E-state index is 12.5. The molecule has 0 radical (unpaired) electrons. The summed E-state index contributed by atoms with van der Waals surface area (Å²) in [7, 11) is -3.54. The van der Waals surface area contributed by atoms with E-state index < -0.39 is 28.5 Å². The number of ether oxygens (including phenoxy) is 1. The Bertz CT molecular complexity index is 1020. The van der Waals surface area contributed by atoms with E-state index in [4.69, 9.17) is 16.3 Å². The van der Waals surface area contributed by atoms with Gasteiger partial charge in [-0.25, -0.2) is 13.2 Å². The van der Waals surface area contributed by atoms with Crippen molar-refractivity contribution in [2.75, 3.05) is 25.0 Å². The number of carbonyl (C=O) groups is 2. The number of sulfonamides is 1. The Balaban J connectivity index is 1.58. The van der Waals surface area contributed by atoms with Gasteiger partial charge in [0, 0.05) is 23.8 Å². The van der Waals surface area contributed by atoms with Crippen molar-refractivity contribution in [1.29, 1.82) is 0 Å². The lowest BCUT2D eigenvalue weighted by molar-refractivity contribution is -0.119. The van der Waals surface area contributed by atoms with Crippen molar-refractivity contribution >= 4 is 39.2 Å². The van der Waals surface area contributed by atoms with Crippen LogP contribution in [0, 0.1) is 6.92 Å². The molecule has 9 heteroatoms. The molecule has 1 fully saturated rings. The van der Waals surface area contributed by atoms with Gasteiger partial charge in [-0.3, -0.25) is 4.79 Å². The van der Waals surface area contributed by atoms with Crippen molar-refractivity contribution in [2.24, 2.45) is 0 Å². The van der Waals surface area contributed by atoms with Crippen molar-refractivity contribution in [3.63, 3.8) is 0 Å². The van der Waals surface area contributed by atoms with Crippen LogP contribution in [0.1, 0.15) is 28.8 Å². The van der Waals surface area contributed by atoms with E-state index in [9.17, 15) is 18.0 Å². The van der Waals surface area contributed by atoms with Crippen LogP contribution in [0.25, 0.3) is 0 Å². The molecular formula is C20H21ClN2O5S. The van der Waals surface area contributed by atoms with Crippen LogP contribution in [0.2, 0.25) is 5.02 Å². The van der Waals surface area contributed by atoms with Gasteiger partial charge >= 0.3 is 5.97 Å². The second kappa shape index (κ2) is 8.94. The molecule has 7 nitrogen and oxygen atoms in total. The number of hydrogen-bond acceptors (Lipinski definition) is 5. The number of benzene rings is 2. The van der Waals surface area contributed by atoms with E-state index in [-0.39, 0.29) is 10.5 Å². The average Bonchev–Trinajstić information content (AvgIpc) is 3.25. The van der Waals surface area contributed by atoms with Crippen molar-refractivity contribution in [2.45, 2.75) is 24.7 Å². The summed E-state index contributed by atoms with van der Waals surface area (Å²) in [6.07, 6.45) is 1.70. The van der Waals surface area contributed by atoms with Gasteiger partial charge in [0.25, 0.3) is 5.91 Å². The average molecular weight is 437 g/mol. The maximum atomic E-state index is 12.5. The van der Waals surface area contributed by atoms with E-state index in [0.29, 0.717) is 29.4 Å². The summed E-state index contributed by atoms with van der Waals surface area (Å²) >= 11 is 6.01. The van der Waals surface area contributed by atoms with Crippen LogP contribution in [-0.2, 0) is 19.6 Å². The van der Waals surface area contributed by atoms with Gasteiger partial charge in [-0.1, -0.05) is 17.7 Å². The minimum atomic E-state index is -3.54. The zero-order chi connectivity index (χ0) is 21.0. The topological polar surface area (TPSA) is 92.8 Å². The molecule has 0 unspecified atom stereocenters. The predicted octanol–water partition coefficient (Wildman–Crippen LogP) is 3.23. The largest absolute Gasteiger partial charge is 0.452 e. The lowest BCUT2D eigenvalue weighted by Crippen LogP contribution is -2.27. The Labute approximate surface area is 174 Å². The lowest BCUT2D eigenvalue weighted by Gasteiger charge is -2.15. The van der Waals surface area contributed by atoms with E-state index >= 15 is 0 Å². The summed E-state index contributed by atoms with van der Waals surface area (Å²) in [6.45, 7) is 2.31. The first-order valence-corrected chi connectivity index (χ1v) is 10.9. The number of nitrogens with one attached hydrogen (secondary N) is 1. The summed E-state index contributed by atoms with van der Waals surface area (Å²) in [5, 5.41) is 3.15. The molecule has 1 aliphatic rings. The van der Waals surface area contributed by atoms with Crippen molar-refractivity contribution < 1.29 is 22.7 Å². The molecule has 0 saturated carbocycles. The Morgan fingerprint density at radius 3 is 2.41 bits per heavy atom. The normalized spacial score (nSPS) is 14.6. The SMILES string of the molecule is Cc1c(Cl)cccc1NC(=O)COC(=O)c1ccc(S(=O)(=O)N2CCCC2)cc1. The molecule has 1 heterocycles. The molecule has 29 heavy (non-hydrogen) atoms. The predicted molar refractivity (Wildman–Crippen MR) is 110 cm³/mol. The molecule has 1 N–H and O–H groups in total. The molecule has 0 aromatic heterocycles. The number of nitrogens with zero attached hydrogens (tertiary/aromatic N) is 1. The highest BCUT2D eigenvalue weighted by Gasteiger charge is 2.27. The highest BCUT2D eigenvalue weighted by atomic mass is 35.5. The van der Waals surface area contributed by atoms with Gasteiger partial charge in [-0.2, -0.15) is 4.31 Å². The second-order valence-electron chi connectivity index (χ2n) is 6.67. The third-order valence-corrected chi connectivity index (χ3v) is 6.99. The van der Waals surface area contributed by atoms with E-state index in [2.05, 4.69) is 5.32 Å². The molecule has 0 bridgehead atoms. The van der Waals surface area contributed by atoms with E-state index in [0.717, 1.165) is 12.8 Å². The van der Waals surface area contributed by atoms with Crippen molar-refractivity contribution in [3.8, 4) is 0 Å². The first-order chi connectivity index (χ1) is 13.8. The van der Waals surface area contributed by atoms with Crippen molar-refractivity contribution in [3.05, 3.63) is 58.6 Å². The molecule has 1 saturated heterocycles. The van der Waals surface area contributed by atoms with Gasteiger partial charge in [0.2, 0.25) is 10.0 Å². The second-order valence-corrected chi connectivity index (χ2v) is 9.02. The third kappa shape index (κ3) is 4.95. The van der Waals surface area contributed by atoms with Gasteiger partial charge in [0.15, 0.2) is 6.61 Å². The number of hydrogen-bond donors (Lipinski definition) is 1. The zero-order valence-electron chi connectivity index (χ0n) is 15.9. The van der Waals surface area contributed by atoms with Gasteiger partial charge in [0.05, 0.1) is 10.5 Å². The molecule has 154 valence electrons. The number of esters is 1. The molecule has 0 atom stereocenters. The van der Waals surface area contributed by atoms with Crippen LogP contribution in [0.5, 0.6) is 0 Å². The first kappa shape index (κ1) is 21.3. The maximum Gasteiger partial charge on any atom is 0.338 e. The quantitative estimate of drug-likeness (QED) is 0.702. The minimum Gasteiger partial charge on any atom is -0.452 e. The molecular weight excluding hydrogens is 416 g/mol. The summed E-state index contributed by atoms with van der Waals surface area (Å²) in [6, 6.07) is 10.6. The third-order valence-electron chi connectivity index (χ3n) is 4.67. The van der Waals surface area contributed by atoms with Crippen molar-refractivity contribution in [1.82, 2.24) is 4.31 Å². The van der Waals surface area contributed by atoms with Crippen LogP contribution in [0.3, 0.4) is 0 Å². The minimum absolute atomic E-state index is 0.130. The smallest absolute Gasteiger partial charge is 0.338 e. The summed E-state index contributed by atoms with van der Waals surface area (Å²) in [5.41, 5.74) is 1.41. The molecule has 1 aliphatic heterocycles. The number of carbonyl (C=O) groups excluding carboxylic acids is 2. The Kier molecular flexibility index (Phi) is 6.56. The monoisotopic (exact) mass is 436 g/mol. The van der Waals surface area contributed by atoms with Crippen LogP contribution in [0.4, 0.5) is 5.69 Å². The molecule has 2 aromatic carbocycles. The fourth-order valence-electron chi connectivity index (χ4n) is 2.98. The number of halogens is 1. The fraction of sp³-hybridized carbons (Fsp3) is 0.300. The van der Waals surface area contributed by atoms with Crippen LogP contribution in [-0.4, -0.2) is 44.3 Å². The fourth-order valence-corrected chi connectivity index (χ4v) is 4.68. The van der Waals surface area contributed by atoms with Gasteiger partial charge in [-0.05, 0) is 61.7 Å². The van der Waals surface area contributed by atoms with Gasteiger partial charge in [0.1, 0.15) is 0 Å². The summed E-state index contributed by atoms with van der Waals surface area (Å²) in [4.78, 5) is 24.3. The van der Waals surface area contributed by atoms with Crippen LogP contribution >= 0.6 is 11.6 Å². The highest BCUT2D eigenvalue weighted by molar-refractivity contribution is 7.89. The zero-order valence-corrected chi connectivity index (χ0v) is 17.4. The highest BCUT2D eigenvalue weighted by Crippen LogP contribution is 2.23. The Morgan fingerprint density at radius 2 is 1.76 bits per heavy atom. The molecule has 1 amide bonds. The molecule has 0 aliphatic carbocycles. The Morgan fingerprint density at radius 1 is 1.10 bits per heavy atom. The van der Waals surface area contributed by atoms with E-state index in [1.807, 2.05) is 0 Å². The molecule has 0 spiro atoms. The van der Waals surface area contributed by atoms with Gasteiger partial charge in [-0.15, -0.1) is 0 Å². The number of rotatable bonds is 6. The number of amides is 1. The van der Waals surface area contributed by atoms with Crippen LogP contribution < -0.4 is 5.32 Å². The summed E-state index contributed by atoms with van der Waals surface area (Å²) < 4.78 is 31.5. The van der Waals surface area contributed by atoms with E-state index in [1.165, 1.54) is 28.6 Å². The standard InChI is InChI=1S/C20H21ClN2O5S/c1-14-17(21)5-4-6-18(14)22-19(24)13-28-20(25)15-7-9-16(10-8-15)29(26,27)23-11-2-3-12-23/h4-10H,2-3,11-13H2,1H3,(H,22,24).